The van der Waals surface area contributed by atoms with Crippen LogP contribution in [0, 0.1) is 0 Å². The molecule has 0 fully saturated rings. The van der Waals surface area contributed by atoms with E-state index in [9.17, 15) is 9.59 Å². The van der Waals surface area contributed by atoms with E-state index in [2.05, 4.69) is 4.98 Å². The van der Waals surface area contributed by atoms with Crippen LogP contribution in [0.1, 0.15) is 12.6 Å². The summed E-state index contributed by atoms with van der Waals surface area (Å²) in [5, 5.41) is 2.96. The predicted octanol–water partition coefficient (Wildman–Crippen LogP) is 5.03. The first kappa shape index (κ1) is 22.5. The molecular weight excluding hydrogens is 434 g/mol. The molecule has 0 bridgehead atoms. The van der Waals surface area contributed by atoms with Crippen molar-refractivity contribution < 1.29 is 14.3 Å². The molecule has 0 unspecified atom stereocenters. The number of ether oxygens (including phenoxy) is 1. The van der Waals surface area contributed by atoms with Gasteiger partial charge in [0.2, 0.25) is 11.8 Å². The maximum atomic E-state index is 12.4. The minimum Gasteiger partial charge on any atom is -0.492 e. The van der Waals surface area contributed by atoms with Gasteiger partial charge in [0.15, 0.2) is 5.13 Å². The molecule has 3 rings (SSSR count). The summed E-state index contributed by atoms with van der Waals surface area (Å²) in [4.78, 5) is 32.1. The molecule has 6 nitrogen and oxygen atoms in total. The van der Waals surface area contributed by atoms with Gasteiger partial charge in [0.1, 0.15) is 12.4 Å². The Hall–Kier alpha value is -3.16. The Morgan fingerprint density at radius 2 is 1.94 bits per heavy atom. The SMILES string of the molecule is CC(=O)N(c1ccccc1)c1nc(/C=C/C(=O)N(C)CCOc2cccc(Cl)c2)cs1. The van der Waals surface area contributed by atoms with Crippen LogP contribution in [0.4, 0.5) is 10.8 Å². The second-order valence-electron chi connectivity index (χ2n) is 6.64. The zero-order valence-corrected chi connectivity index (χ0v) is 18.8. The van der Waals surface area contributed by atoms with Crippen molar-refractivity contribution in [2.45, 2.75) is 6.92 Å². The highest BCUT2D eigenvalue weighted by Crippen LogP contribution is 2.29. The van der Waals surface area contributed by atoms with Crippen molar-refractivity contribution >= 4 is 51.6 Å². The van der Waals surface area contributed by atoms with Crippen molar-refractivity contribution in [1.29, 1.82) is 0 Å². The molecule has 0 aliphatic heterocycles. The Bertz CT molecular complexity index is 1070. The van der Waals surface area contributed by atoms with Crippen LogP contribution < -0.4 is 9.64 Å². The number of carbonyl (C=O) groups is 2. The minimum atomic E-state index is -0.171. The van der Waals surface area contributed by atoms with Crippen LogP contribution in [0.3, 0.4) is 0 Å². The largest absolute Gasteiger partial charge is 0.492 e. The van der Waals surface area contributed by atoms with Crippen LogP contribution in [0.5, 0.6) is 5.75 Å². The van der Waals surface area contributed by atoms with Crippen molar-refractivity contribution in [2.24, 2.45) is 0 Å². The molecule has 0 spiro atoms. The van der Waals surface area contributed by atoms with Crippen LogP contribution in [0.2, 0.25) is 5.02 Å². The molecular formula is C23H22ClN3O3S. The third-order valence-electron chi connectivity index (χ3n) is 4.29. The Labute approximate surface area is 190 Å². The average molecular weight is 456 g/mol. The maximum Gasteiger partial charge on any atom is 0.246 e. The van der Waals surface area contributed by atoms with Gasteiger partial charge in [-0.25, -0.2) is 4.98 Å². The van der Waals surface area contributed by atoms with Gasteiger partial charge in [-0.2, -0.15) is 0 Å². The lowest BCUT2D eigenvalue weighted by Crippen LogP contribution is -2.29. The lowest BCUT2D eigenvalue weighted by atomic mass is 10.3. The number of hydrogen-bond donors (Lipinski definition) is 0. The van der Waals surface area contributed by atoms with E-state index < -0.39 is 0 Å². The van der Waals surface area contributed by atoms with Gasteiger partial charge >= 0.3 is 0 Å². The number of rotatable bonds is 8. The van der Waals surface area contributed by atoms with Gasteiger partial charge in [-0.15, -0.1) is 11.3 Å². The van der Waals surface area contributed by atoms with E-state index >= 15 is 0 Å². The molecule has 8 heteroatoms. The third kappa shape index (κ3) is 6.41. The molecule has 1 heterocycles. The molecule has 0 atom stereocenters. The number of para-hydroxylation sites is 1. The highest BCUT2D eigenvalue weighted by atomic mass is 35.5. The molecule has 2 amide bonds. The van der Waals surface area contributed by atoms with Gasteiger partial charge in [0.05, 0.1) is 17.9 Å². The summed E-state index contributed by atoms with van der Waals surface area (Å²) < 4.78 is 5.61. The Balaban J connectivity index is 1.57. The third-order valence-corrected chi connectivity index (χ3v) is 5.37. The van der Waals surface area contributed by atoms with Crippen LogP contribution >= 0.6 is 22.9 Å². The van der Waals surface area contributed by atoms with Crippen molar-refractivity contribution in [3.63, 3.8) is 0 Å². The Morgan fingerprint density at radius 3 is 2.65 bits per heavy atom. The zero-order chi connectivity index (χ0) is 22.2. The van der Waals surface area contributed by atoms with E-state index in [1.165, 1.54) is 24.3 Å². The molecule has 0 aliphatic carbocycles. The van der Waals surface area contributed by atoms with Crippen molar-refractivity contribution in [3.05, 3.63) is 76.8 Å². The molecule has 3 aromatic rings. The van der Waals surface area contributed by atoms with Gasteiger partial charge in [-0.1, -0.05) is 35.9 Å². The number of likely N-dealkylation sites (N-methyl/N-ethyl adjacent to an activating group) is 1. The summed E-state index contributed by atoms with van der Waals surface area (Å²) in [5.41, 5.74) is 1.36. The van der Waals surface area contributed by atoms with Crippen molar-refractivity contribution in [2.75, 3.05) is 25.1 Å². The number of thiazole rings is 1. The highest BCUT2D eigenvalue weighted by molar-refractivity contribution is 7.14. The maximum absolute atomic E-state index is 12.4. The summed E-state index contributed by atoms with van der Waals surface area (Å²) >= 11 is 7.27. The summed E-state index contributed by atoms with van der Waals surface area (Å²) in [6.07, 6.45) is 3.10. The Morgan fingerprint density at radius 1 is 1.16 bits per heavy atom. The van der Waals surface area contributed by atoms with Crippen LogP contribution in [-0.4, -0.2) is 41.9 Å². The zero-order valence-electron chi connectivity index (χ0n) is 17.2. The molecule has 1 aromatic heterocycles. The molecule has 0 saturated heterocycles. The van der Waals surface area contributed by atoms with Gasteiger partial charge < -0.3 is 9.64 Å². The molecule has 0 saturated carbocycles. The number of carbonyl (C=O) groups excluding carboxylic acids is 2. The number of benzene rings is 2. The first-order chi connectivity index (χ1) is 14.9. The monoisotopic (exact) mass is 455 g/mol. The fourth-order valence-corrected chi connectivity index (χ4v) is 3.75. The molecule has 2 aromatic carbocycles. The van der Waals surface area contributed by atoms with E-state index in [4.69, 9.17) is 16.3 Å². The number of nitrogens with zero attached hydrogens (tertiary/aromatic N) is 3. The summed E-state index contributed by atoms with van der Waals surface area (Å²) in [5.74, 6) is 0.356. The standard InChI is InChI=1S/C23H22ClN3O3S/c1-17(28)27(20-8-4-3-5-9-20)23-25-19(16-31-23)11-12-22(29)26(2)13-14-30-21-10-6-7-18(24)15-21/h3-12,15-16H,13-14H2,1-2H3/b12-11+. The summed E-state index contributed by atoms with van der Waals surface area (Å²) in [6, 6.07) is 16.4. The fraction of sp³-hybridized carbons (Fsp3) is 0.174. The van der Waals surface area contributed by atoms with E-state index in [0.29, 0.717) is 34.7 Å². The first-order valence-corrected chi connectivity index (χ1v) is 10.8. The highest BCUT2D eigenvalue weighted by Gasteiger charge is 2.17. The van der Waals surface area contributed by atoms with Crippen molar-refractivity contribution in [1.82, 2.24) is 9.88 Å². The molecule has 160 valence electrons. The van der Waals surface area contributed by atoms with Gasteiger partial charge in [-0.05, 0) is 36.4 Å². The number of hydrogen-bond acceptors (Lipinski definition) is 5. The smallest absolute Gasteiger partial charge is 0.246 e. The van der Waals surface area contributed by atoms with Gasteiger partial charge in [0.25, 0.3) is 0 Å². The number of amides is 2. The second kappa shape index (κ2) is 10.7. The topological polar surface area (TPSA) is 62.7 Å². The van der Waals surface area contributed by atoms with Crippen molar-refractivity contribution in [3.8, 4) is 5.75 Å². The first-order valence-electron chi connectivity index (χ1n) is 9.57. The minimum absolute atomic E-state index is 0.133. The van der Waals surface area contributed by atoms with Crippen LogP contribution in [-0.2, 0) is 9.59 Å². The molecule has 0 aliphatic rings. The second-order valence-corrected chi connectivity index (χ2v) is 7.92. The number of aromatic nitrogens is 1. The summed E-state index contributed by atoms with van der Waals surface area (Å²) in [6.45, 7) is 2.26. The van der Waals surface area contributed by atoms with E-state index in [0.717, 1.165) is 5.69 Å². The van der Waals surface area contributed by atoms with Crippen LogP contribution in [0.15, 0.2) is 66.1 Å². The van der Waals surface area contributed by atoms with Gasteiger partial charge in [-0.3, -0.25) is 14.5 Å². The van der Waals surface area contributed by atoms with E-state index in [-0.39, 0.29) is 11.8 Å². The molecule has 31 heavy (non-hydrogen) atoms. The van der Waals surface area contributed by atoms with Gasteiger partial charge in [0, 0.05) is 30.5 Å². The van der Waals surface area contributed by atoms with Crippen LogP contribution in [0.25, 0.3) is 6.08 Å². The number of halogens is 1. The lowest BCUT2D eigenvalue weighted by Gasteiger charge is -2.17. The van der Waals surface area contributed by atoms with E-state index in [1.807, 2.05) is 42.5 Å². The summed E-state index contributed by atoms with van der Waals surface area (Å²) in [7, 11) is 1.70. The van der Waals surface area contributed by atoms with E-state index in [1.54, 1.807) is 40.4 Å². The molecule has 0 N–H and O–H groups in total. The lowest BCUT2D eigenvalue weighted by molar-refractivity contribution is -0.125. The quantitative estimate of drug-likeness (QED) is 0.447. The normalized spacial score (nSPS) is 10.8. The fourth-order valence-electron chi connectivity index (χ4n) is 2.71. The Kier molecular flexibility index (Phi) is 7.81. The average Bonchev–Trinajstić information content (AvgIpc) is 3.21. The predicted molar refractivity (Wildman–Crippen MR) is 125 cm³/mol. The molecule has 0 radical (unpaired) electrons. The number of anilines is 2.